The van der Waals surface area contributed by atoms with Gasteiger partial charge >= 0.3 is 5.97 Å². The number of pyridine rings is 1. The maximum absolute atomic E-state index is 11.5. The minimum atomic E-state index is -0.201. The van der Waals surface area contributed by atoms with Gasteiger partial charge in [-0.2, -0.15) is 0 Å². The Labute approximate surface area is 117 Å². The van der Waals surface area contributed by atoms with Crippen molar-refractivity contribution in [2.45, 2.75) is 31.9 Å². The van der Waals surface area contributed by atoms with Crippen LogP contribution in [-0.2, 0) is 9.53 Å². The van der Waals surface area contributed by atoms with E-state index >= 15 is 0 Å². The monoisotopic (exact) mass is 275 g/mol. The Bertz CT molecular complexity index is 596. The molecule has 0 N–H and O–H groups in total. The summed E-state index contributed by atoms with van der Waals surface area (Å²) in [6.45, 7) is 5.75. The van der Waals surface area contributed by atoms with Crippen LogP contribution in [0.4, 0.5) is 0 Å². The molecule has 0 saturated heterocycles. The van der Waals surface area contributed by atoms with Crippen LogP contribution in [0.5, 0.6) is 0 Å². The van der Waals surface area contributed by atoms with E-state index in [-0.39, 0.29) is 12.1 Å². The molecule has 0 bridgehead atoms. The normalized spacial score (nSPS) is 10.9. The number of aryl methyl sites for hydroxylation is 1. The van der Waals surface area contributed by atoms with Gasteiger partial charge in [0.15, 0.2) is 0 Å². The minimum Gasteiger partial charge on any atom is -0.462 e. The van der Waals surface area contributed by atoms with Crippen LogP contribution in [-0.4, -0.2) is 22.8 Å². The van der Waals surface area contributed by atoms with Crippen LogP contribution in [0.25, 0.3) is 10.9 Å². The summed E-state index contributed by atoms with van der Waals surface area (Å²) >= 11 is 1.41. The first-order valence-electron chi connectivity index (χ1n) is 6.25. The molecule has 2 rings (SSSR count). The van der Waals surface area contributed by atoms with Gasteiger partial charge in [-0.3, -0.25) is 4.79 Å². The Balaban J connectivity index is 2.11. The lowest BCUT2D eigenvalue weighted by atomic mass is 10.1. The van der Waals surface area contributed by atoms with Crippen LogP contribution in [0.1, 0.15) is 19.4 Å². The molecule has 3 nitrogen and oxygen atoms in total. The van der Waals surface area contributed by atoms with Crippen LogP contribution in [0, 0.1) is 6.92 Å². The molecule has 0 radical (unpaired) electrons. The molecule has 100 valence electrons. The fourth-order valence-electron chi connectivity index (χ4n) is 1.82. The van der Waals surface area contributed by atoms with Crippen molar-refractivity contribution in [3.05, 3.63) is 35.9 Å². The minimum absolute atomic E-state index is 0.0700. The van der Waals surface area contributed by atoms with Crippen molar-refractivity contribution in [3.63, 3.8) is 0 Å². The van der Waals surface area contributed by atoms with Gasteiger partial charge < -0.3 is 4.74 Å². The summed E-state index contributed by atoms with van der Waals surface area (Å²) in [7, 11) is 0. The van der Waals surface area contributed by atoms with Gasteiger partial charge in [0.05, 0.1) is 22.4 Å². The van der Waals surface area contributed by atoms with Gasteiger partial charge in [-0.15, -0.1) is 0 Å². The molecule has 1 aromatic carbocycles. The Morgan fingerprint density at radius 1 is 1.37 bits per heavy atom. The molecular weight excluding hydrogens is 258 g/mol. The third kappa shape index (κ3) is 3.70. The number of carbonyl (C=O) groups is 1. The molecule has 0 fully saturated rings. The highest BCUT2D eigenvalue weighted by atomic mass is 32.2. The molecule has 0 atom stereocenters. The summed E-state index contributed by atoms with van der Waals surface area (Å²) in [5, 5.41) is 2.01. The SMILES string of the molecule is Cc1cc(SCC(=O)OC(C)C)nc2ccccc12. The van der Waals surface area contributed by atoms with Gasteiger partial charge in [0.2, 0.25) is 0 Å². The Kier molecular flexibility index (Phi) is 4.43. The standard InChI is InChI=1S/C15H17NO2S/c1-10(2)18-15(17)9-19-14-8-11(3)12-6-4-5-7-13(12)16-14/h4-8,10H,9H2,1-3H3. The average molecular weight is 275 g/mol. The first-order valence-corrected chi connectivity index (χ1v) is 7.23. The summed E-state index contributed by atoms with van der Waals surface area (Å²) in [4.78, 5) is 16.0. The number of thioether (sulfide) groups is 1. The van der Waals surface area contributed by atoms with Gasteiger partial charge in [0.25, 0.3) is 0 Å². The summed E-state index contributed by atoms with van der Waals surface area (Å²) in [5.74, 6) is 0.0933. The third-order valence-electron chi connectivity index (χ3n) is 2.60. The van der Waals surface area contributed by atoms with E-state index in [0.717, 1.165) is 15.9 Å². The highest BCUT2D eigenvalue weighted by Gasteiger charge is 2.08. The fraction of sp³-hybridized carbons (Fsp3) is 0.333. The van der Waals surface area contributed by atoms with E-state index in [1.807, 2.05) is 38.1 Å². The average Bonchev–Trinajstić information content (AvgIpc) is 2.36. The van der Waals surface area contributed by atoms with Crippen LogP contribution >= 0.6 is 11.8 Å². The van der Waals surface area contributed by atoms with Crippen LogP contribution in [0.15, 0.2) is 35.4 Å². The number of hydrogen-bond acceptors (Lipinski definition) is 4. The maximum Gasteiger partial charge on any atom is 0.316 e. The Hall–Kier alpha value is -1.55. The molecule has 2 aromatic rings. The molecule has 1 heterocycles. The molecular formula is C15H17NO2S. The lowest BCUT2D eigenvalue weighted by Gasteiger charge is -2.08. The highest BCUT2D eigenvalue weighted by Crippen LogP contribution is 2.23. The van der Waals surface area contributed by atoms with Crippen molar-refractivity contribution in [1.29, 1.82) is 0 Å². The van der Waals surface area contributed by atoms with E-state index in [1.54, 1.807) is 0 Å². The summed E-state index contributed by atoms with van der Waals surface area (Å²) in [5.41, 5.74) is 2.13. The van der Waals surface area contributed by atoms with Crippen molar-refractivity contribution >= 4 is 28.6 Å². The summed E-state index contributed by atoms with van der Waals surface area (Å²) < 4.78 is 5.10. The molecule has 0 unspecified atom stereocenters. The van der Waals surface area contributed by atoms with Gasteiger partial charge in [0.1, 0.15) is 0 Å². The number of fused-ring (bicyclic) bond motifs is 1. The maximum atomic E-state index is 11.5. The van der Waals surface area contributed by atoms with Crippen molar-refractivity contribution in [3.8, 4) is 0 Å². The second-order valence-electron chi connectivity index (χ2n) is 4.62. The highest BCUT2D eigenvalue weighted by molar-refractivity contribution is 7.99. The van der Waals surface area contributed by atoms with E-state index in [9.17, 15) is 4.79 Å². The number of aromatic nitrogens is 1. The van der Waals surface area contributed by atoms with Crippen molar-refractivity contribution in [2.24, 2.45) is 0 Å². The largest absolute Gasteiger partial charge is 0.462 e. The molecule has 0 saturated carbocycles. The van der Waals surface area contributed by atoms with Crippen LogP contribution < -0.4 is 0 Å². The van der Waals surface area contributed by atoms with E-state index in [1.165, 1.54) is 17.3 Å². The van der Waals surface area contributed by atoms with E-state index in [4.69, 9.17) is 4.74 Å². The summed E-state index contributed by atoms with van der Waals surface area (Å²) in [6, 6.07) is 10.0. The molecule has 0 amide bonds. The van der Waals surface area contributed by atoms with Crippen LogP contribution in [0.3, 0.4) is 0 Å². The predicted octanol–water partition coefficient (Wildman–Crippen LogP) is 3.59. The lowest BCUT2D eigenvalue weighted by Crippen LogP contribution is -2.13. The second kappa shape index (κ2) is 6.06. The number of ether oxygens (including phenoxy) is 1. The van der Waals surface area contributed by atoms with Crippen molar-refractivity contribution in [1.82, 2.24) is 4.98 Å². The summed E-state index contributed by atoms with van der Waals surface area (Å²) in [6.07, 6.45) is -0.0700. The number of hydrogen-bond donors (Lipinski definition) is 0. The van der Waals surface area contributed by atoms with E-state index in [2.05, 4.69) is 18.0 Å². The van der Waals surface area contributed by atoms with Crippen molar-refractivity contribution in [2.75, 3.05) is 5.75 Å². The molecule has 0 aliphatic rings. The Morgan fingerprint density at radius 3 is 2.84 bits per heavy atom. The number of nitrogens with zero attached hydrogens (tertiary/aromatic N) is 1. The number of carbonyl (C=O) groups excluding carboxylic acids is 1. The molecule has 0 aliphatic carbocycles. The van der Waals surface area contributed by atoms with E-state index in [0.29, 0.717) is 5.75 Å². The second-order valence-corrected chi connectivity index (χ2v) is 5.62. The quantitative estimate of drug-likeness (QED) is 0.631. The Morgan fingerprint density at radius 2 is 2.11 bits per heavy atom. The lowest BCUT2D eigenvalue weighted by molar-refractivity contribution is -0.144. The smallest absolute Gasteiger partial charge is 0.316 e. The zero-order valence-corrected chi connectivity index (χ0v) is 12.2. The van der Waals surface area contributed by atoms with E-state index < -0.39 is 0 Å². The first-order chi connectivity index (χ1) is 9.06. The topological polar surface area (TPSA) is 39.2 Å². The predicted molar refractivity (Wildman–Crippen MR) is 78.4 cm³/mol. The fourth-order valence-corrected chi connectivity index (χ4v) is 2.58. The molecule has 4 heteroatoms. The molecule has 19 heavy (non-hydrogen) atoms. The number of para-hydroxylation sites is 1. The van der Waals surface area contributed by atoms with Gasteiger partial charge in [-0.05, 0) is 38.5 Å². The van der Waals surface area contributed by atoms with Crippen molar-refractivity contribution < 1.29 is 9.53 Å². The molecule has 0 aliphatic heterocycles. The third-order valence-corrected chi connectivity index (χ3v) is 3.49. The zero-order chi connectivity index (χ0) is 13.8. The van der Waals surface area contributed by atoms with Gasteiger partial charge in [0, 0.05) is 5.39 Å². The molecule has 0 spiro atoms. The van der Waals surface area contributed by atoms with Crippen LogP contribution in [0.2, 0.25) is 0 Å². The number of rotatable bonds is 4. The molecule has 1 aromatic heterocycles. The number of esters is 1. The van der Waals surface area contributed by atoms with Gasteiger partial charge in [-0.25, -0.2) is 4.98 Å². The van der Waals surface area contributed by atoms with Gasteiger partial charge in [-0.1, -0.05) is 30.0 Å². The zero-order valence-electron chi connectivity index (χ0n) is 11.3. The number of benzene rings is 1. The first kappa shape index (κ1) is 13.9.